The van der Waals surface area contributed by atoms with E-state index in [9.17, 15) is 4.79 Å². The number of rotatable bonds is 8. The van der Waals surface area contributed by atoms with E-state index in [1.807, 2.05) is 43.4 Å². The Bertz CT molecular complexity index is 936. The van der Waals surface area contributed by atoms with Crippen LogP contribution in [0.4, 0.5) is 0 Å². The van der Waals surface area contributed by atoms with Gasteiger partial charge in [-0.2, -0.15) is 0 Å². The van der Waals surface area contributed by atoms with E-state index in [1.54, 1.807) is 11.2 Å². The molecule has 3 aromatic rings. The molecule has 2 aromatic heterocycles. The fraction of sp³-hybridized carbons (Fsp3) is 0.350. The molecule has 0 unspecified atom stereocenters. The summed E-state index contributed by atoms with van der Waals surface area (Å²) in [5.41, 5.74) is 1.10. The zero-order valence-corrected chi connectivity index (χ0v) is 17.9. The number of halogens is 1. The number of hydrogen-bond acceptors (Lipinski definition) is 5. The van der Waals surface area contributed by atoms with Gasteiger partial charge in [0.25, 0.3) is 0 Å². The lowest BCUT2D eigenvalue weighted by Crippen LogP contribution is -2.27. The Balaban J connectivity index is 1.39. The Hall–Kier alpha value is -2.06. The molecule has 146 valence electrons. The Kier molecular flexibility index (Phi) is 5.87. The van der Waals surface area contributed by atoms with Crippen LogP contribution in [0.25, 0.3) is 0 Å². The van der Waals surface area contributed by atoms with Gasteiger partial charge < -0.3 is 9.32 Å². The normalized spacial score (nSPS) is 13.6. The highest BCUT2D eigenvalue weighted by Crippen LogP contribution is 2.40. The van der Waals surface area contributed by atoms with Crippen molar-refractivity contribution >= 4 is 33.6 Å². The predicted octanol–water partition coefficient (Wildman–Crippen LogP) is 4.31. The molecule has 1 aliphatic carbocycles. The molecule has 4 rings (SSSR count). The monoisotopic (exact) mass is 460 g/mol. The first-order chi connectivity index (χ1) is 13.6. The average molecular weight is 461 g/mol. The van der Waals surface area contributed by atoms with Crippen molar-refractivity contribution in [1.82, 2.24) is 19.7 Å². The Morgan fingerprint density at radius 1 is 1.29 bits per heavy atom. The molecule has 0 bridgehead atoms. The van der Waals surface area contributed by atoms with E-state index in [0.29, 0.717) is 24.8 Å². The number of furan rings is 1. The molecular weight excluding hydrogens is 440 g/mol. The number of thioether (sulfide) groups is 1. The highest BCUT2D eigenvalue weighted by molar-refractivity contribution is 9.10. The zero-order chi connectivity index (χ0) is 19.5. The smallest absolute Gasteiger partial charge is 0.233 e. The van der Waals surface area contributed by atoms with Gasteiger partial charge in [-0.15, -0.1) is 10.2 Å². The molecular formula is C20H21BrN4O2S. The highest BCUT2D eigenvalue weighted by atomic mass is 79.9. The molecule has 28 heavy (non-hydrogen) atoms. The minimum Gasteiger partial charge on any atom is -0.467 e. The summed E-state index contributed by atoms with van der Waals surface area (Å²) >= 11 is 4.86. The largest absolute Gasteiger partial charge is 0.467 e. The van der Waals surface area contributed by atoms with Gasteiger partial charge in [0, 0.05) is 24.0 Å². The van der Waals surface area contributed by atoms with E-state index in [-0.39, 0.29) is 5.91 Å². The summed E-state index contributed by atoms with van der Waals surface area (Å²) in [5.74, 6) is 2.73. The van der Waals surface area contributed by atoms with Gasteiger partial charge in [-0.3, -0.25) is 9.36 Å². The number of nitrogens with zero attached hydrogens (tertiary/aromatic N) is 4. The van der Waals surface area contributed by atoms with Crippen LogP contribution in [-0.4, -0.2) is 38.4 Å². The minimum absolute atomic E-state index is 0.0634. The predicted molar refractivity (Wildman–Crippen MR) is 111 cm³/mol. The van der Waals surface area contributed by atoms with Crippen molar-refractivity contribution in [3.8, 4) is 0 Å². The molecule has 0 saturated heterocycles. The highest BCUT2D eigenvalue weighted by Gasteiger charge is 2.31. The lowest BCUT2D eigenvalue weighted by molar-refractivity contribution is -0.127. The number of benzene rings is 1. The number of hydrogen-bond donors (Lipinski definition) is 0. The van der Waals surface area contributed by atoms with Crippen LogP contribution in [0.3, 0.4) is 0 Å². The molecule has 0 N–H and O–H groups in total. The van der Waals surface area contributed by atoms with Crippen LogP contribution in [-0.2, 0) is 17.9 Å². The van der Waals surface area contributed by atoms with Gasteiger partial charge >= 0.3 is 0 Å². The Morgan fingerprint density at radius 2 is 2.07 bits per heavy atom. The van der Waals surface area contributed by atoms with E-state index in [4.69, 9.17) is 4.42 Å². The van der Waals surface area contributed by atoms with Crippen LogP contribution < -0.4 is 0 Å². The van der Waals surface area contributed by atoms with Crippen molar-refractivity contribution in [1.29, 1.82) is 0 Å². The molecule has 1 amide bonds. The molecule has 8 heteroatoms. The average Bonchev–Trinajstić information content (AvgIpc) is 3.26. The summed E-state index contributed by atoms with van der Waals surface area (Å²) in [4.78, 5) is 14.3. The van der Waals surface area contributed by atoms with Crippen molar-refractivity contribution in [2.24, 2.45) is 0 Å². The van der Waals surface area contributed by atoms with Crippen molar-refractivity contribution in [3.05, 3.63) is 64.3 Å². The molecule has 1 saturated carbocycles. The summed E-state index contributed by atoms with van der Waals surface area (Å²) in [7, 11) is 1.83. The quantitative estimate of drug-likeness (QED) is 0.468. The maximum Gasteiger partial charge on any atom is 0.233 e. The van der Waals surface area contributed by atoms with Gasteiger partial charge in [-0.05, 0) is 42.7 Å². The third-order valence-corrected chi connectivity index (χ3v) is 6.15. The van der Waals surface area contributed by atoms with Gasteiger partial charge in [0.1, 0.15) is 11.6 Å². The summed E-state index contributed by atoms with van der Waals surface area (Å²) in [6, 6.07) is 11.8. The van der Waals surface area contributed by atoms with E-state index in [2.05, 4.69) is 30.7 Å². The van der Waals surface area contributed by atoms with Gasteiger partial charge in [-0.25, -0.2) is 0 Å². The first kappa shape index (κ1) is 19.3. The lowest BCUT2D eigenvalue weighted by atomic mass is 10.2. The first-order valence-electron chi connectivity index (χ1n) is 9.17. The van der Waals surface area contributed by atoms with Crippen LogP contribution in [0.2, 0.25) is 0 Å². The van der Waals surface area contributed by atoms with Crippen LogP contribution in [0.1, 0.15) is 35.9 Å². The van der Waals surface area contributed by atoms with Crippen LogP contribution in [0, 0.1) is 0 Å². The lowest BCUT2D eigenvalue weighted by Gasteiger charge is -2.17. The third-order valence-electron chi connectivity index (χ3n) is 4.67. The van der Waals surface area contributed by atoms with Crippen molar-refractivity contribution < 1.29 is 9.21 Å². The van der Waals surface area contributed by atoms with E-state index in [0.717, 1.165) is 39.6 Å². The van der Waals surface area contributed by atoms with E-state index in [1.165, 1.54) is 11.8 Å². The minimum atomic E-state index is 0.0634. The van der Waals surface area contributed by atoms with Crippen LogP contribution >= 0.6 is 27.7 Å². The molecule has 0 aliphatic heterocycles. The van der Waals surface area contributed by atoms with Crippen molar-refractivity contribution in [3.63, 3.8) is 0 Å². The summed E-state index contributed by atoms with van der Waals surface area (Å²) in [5, 5.41) is 9.49. The third kappa shape index (κ3) is 4.67. The van der Waals surface area contributed by atoms with Crippen LogP contribution in [0.15, 0.2) is 56.7 Å². The van der Waals surface area contributed by atoms with Gasteiger partial charge in [0.15, 0.2) is 5.16 Å². The topological polar surface area (TPSA) is 64.2 Å². The second-order valence-electron chi connectivity index (χ2n) is 6.95. The number of carbonyl (C=O) groups excluding carboxylic acids is 1. The molecule has 1 aromatic carbocycles. The second kappa shape index (κ2) is 8.53. The maximum absolute atomic E-state index is 12.6. The number of amides is 1. The summed E-state index contributed by atoms with van der Waals surface area (Å²) in [6.45, 7) is 1.18. The molecule has 6 nitrogen and oxygen atoms in total. The SMILES string of the molecule is CN(Cc1ccc(Br)cc1)C(=O)CSc1nnc(C2CC2)n1Cc1ccco1. The molecule has 0 atom stereocenters. The Labute approximate surface area is 176 Å². The Morgan fingerprint density at radius 3 is 2.75 bits per heavy atom. The summed E-state index contributed by atoms with van der Waals surface area (Å²) < 4.78 is 8.61. The first-order valence-corrected chi connectivity index (χ1v) is 10.9. The van der Waals surface area contributed by atoms with Gasteiger partial charge in [-0.1, -0.05) is 39.8 Å². The van der Waals surface area contributed by atoms with Crippen molar-refractivity contribution in [2.45, 2.75) is 37.0 Å². The summed E-state index contributed by atoms with van der Waals surface area (Å²) in [6.07, 6.45) is 3.97. The molecule has 2 heterocycles. The number of aromatic nitrogens is 3. The van der Waals surface area contributed by atoms with Crippen LogP contribution in [0.5, 0.6) is 0 Å². The van der Waals surface area contributed by atoms with Gasteiger partial charge in [0.05, 0.1) is 18.6 Å². The van der Waals surface area contributed by atoms with E-state index < -0.39 is 0 Å². The fourth-order valence-corrected chi connectivity index (χ4v) is 4.10. The van der Waals surface area contributed by atoms with Gasteiger partial charge in [0.2, 0.25) is 5.91 Å². The standard InChI is InChI=1S/C20H21BrN4O2S/c1-24(11-14-4-8-16(21)9-5-14)18(26)13-28-20-23-22-19(15-6-7-15)25(20)12-17-3-2-10-27-17/h2-5,8-10,15H,6-7,11-13H2,1H3. The fourth-order valence-electron chi connectivity index (χ4n) is 2.95. The molecule has 1 fully saturated rings. The molecule has 0 radical (unpaired) electrons. The van der Waals surface area contributed by atoms with Crippen molar-refractivity contribution in [2.75, 3.05) is 12.8 Å². The maximum atomic E-state index is 12.6. The number of carbonyl (C=O) groups is 1. The zero-order valence-electron chi connectivity index (χ0n) is 15.5. The second-order valence-corrected chi connectivity index (χ2v) is 8.80. The molecule has 1 aliphatic rings. The molecule has 0 spiro atoms. The van der Waals surface area contributed by atoms with E-state index >= 15 is 0 Å².